The summed E-state index contributed by atoms with van der Waals surface area (Å²) < 4.78 is 10.9. The van der Waals surface area contributed by atoms with Crippen molar-refractivity contribution >= 4 is 23.1 Å². The summed E-state index contributed by atoms with van der Waals surface area (Å²) in [5, 5.41) is 1.73. The van der Waals surface area contributed by atoms with Crippen molar-refractivity contribution in [2.45, 2.75) is 35.5 Å². The maximum atomic E-state index is 12.1. The molecule has 1 N–H and O–H groups in total. The molecule has 3 aliphatic rings. The molecule has 2 bridgehead atoms. The van der Waals surface area contributed by atoms with E-state index in [0.29, 0.717) is 17.1 Å². The van der Waals surface area contributed by atoms with Gasteiger partial charge in [0.25, 0.3) is 0 Å². The normalized spacial score (nSPS) is 32.3. The Labute approximate surface area is 154 Å². The number of methoxy groups -OCH3 is 2. The van der Waals surface area contributed by atoms with Crippen molar-refractivity contribution in [2.75, 3.05) is 14.2 Å². The Bertz CT molecular complexity index is 874. The first-order valence-corrected chi connectivity index (χ1v) is 10.5. The molecule has 2 aliphatic carbocycles. The van der Waals surface area contributed by atoms with E-state index in [2.05, 4.69) is 17.1 Å². The van der Waals surface area contributed by atoms with Crippen molar-refractivity contribution in [3.05, 3.63) is 38.3 Å². The van der Waals surface area contributed by atoms with Gasteiger partial charge in [-0.2, -0.15) is 0 Å². The molecular weight excluding hydrogens is 354 g/mol. The molecule has 5 rings (SSSR count). The Kier molecular flexibility index (Phi) is 3.68. The van der Waals surface area contributed by atoms with Gasteiger partial charge in [0.05, 0.1) is 19.2 Å². The van der Waals surface area contributed by atoms with E-state index in [9.17, 15) is 4.79 Å². The number of H-pyrrole nitrogens is 1. The summed E-state index contributed by atoms with van der Waals surface area (Å²) in [6, 6.07) is 6.25. The number of hydrogen-bond acceptors (Lipinski definition) is 5. The Morgan fingerprint density at radius 3 is 2.72 bits per heavy atom. The van der Waals surface area contributed by atoms with Crippen LogP contribution in [0.4, 0.5) is 0 Å². The van der Waals surface area contributed by atoms with Gasteiger partial charge in [0.2, 0.25) is 0 Å². The minimum absolute atomic E-state index is 0.0651. The van der Waals surface area contributed by atoms with E-state index in [1.54, 1.807) is 14.2 Å². The van der Waals surface area contributed by atoms with Gasteiger partial charge in [-0.25, -0.2) is 0 Å². The van der Waals surface area contributed by atoms with Gasteiger partial charge in [-0.1, -0.05) is 17.4 Å². The number of aromatic nitrogens is 1. The molecule has 0 saturated heterocycles. The fraction of sp³-hybridized carbons (Fsp3) is 0.526. The number of thioether (sulfide) groups is 1. The number of nitrogens with one attached hydrogen (secondary N) is 1. The van der Waals surface area contributed by atoms with Crippen LogP contribution in [-0.4, -0.2) is 24.5 Å². The van der Waals surface area contributed by atoms with Crippen LogP contribution in [0.15, 0.2) is 28.0 Å². The van der Waals surface area contributed by atoms with Crippen molar-refractivity contribution in [1.29, 1.82) is 0 Å². The highest BCUT2D eigenvalue weighted by molar-refractivity contribution is 8.00. The van der Waals surface area contributed by atoms with Crippen molar-refractivity contribution < 1.29 is 9.47 Å². The van der Waals surface area contributed by atoms with Crippen LogP contribution < -0.4 is 14.3 Å². The Balaban J connectivity index is 1.66. The van der Waals surface area contributed by atoms with Crippen molar-refractivity contribution in [1.82, 2.24) is 4.98 Å². The molecule has 2 aromatic rings. The summed E-state index contributed by atoms with van der Waals surface area (Å²) in [5.74, 6) is 4.03. The lowest BCUT2D eigenvalue weighted by Gasteiger charge is -2.40. The van der Waals surface area contributed by atoms with Crippen LogP contribution in [-0.2, 0) is 0 Å². The molecule has 4 nitrogen and oxygen atoms in total. The second kappa shape index (κ2) is 5.81. The van der Waals surface area contributed by atoms with Crippen LogP contribution in [0.3, 0.4) is 0 Å². The summed E-state index contributed by atoms with van der Waals surface area (Å²) in [6.45, 7) is 0. The molecule has 1 aromatic heterocycles. The quantitative estimate of drug-likeness (QED) is 0.877. The number of fused-ring (bicyclic) bond motifs is 6. The molecule has 0 spiro atoms. The van der Waals surface area contributed by atoms with Crippen LogP contribution >= 0.6 is 23.1 Å². The van der Waals surface area contributed by atoms with Gasteiger partial charge in [0.1, 0.15) is 0 Å². The lowest BCUT2D eigenvalue weighted by molar-refractivity contribution is 0.306. The lowest BCUT2D eigenvalue weighted by Crippen LogP contribution is -2.33. The maximum absolute atomic E-state index is 12.1. The summed E-state index contributed by atoms with van der Waals surface area (Å²) >= 11 is 3.32. The Morgan fingerprint density at radius 2 is 1.92 bits per heavy atom. The smallest absolute Gasteiger partial charge is 0.305 e. The third-order valence-corrected chi connectivity index (χ3v) is 8.86. The van der Waals surface area contributed by atoms with Gasteiger partial charge in [-0.15, -0.1) is 11.8 Å². The topological polar surface area (TPSA) is 51.3 Å². The zero-order valence-electron chi connectivity index (χ0n) is 14.3. The van der Waals surface area contributed by atoms with Crippen molar-refractivity contribution in [3.63, 3.8) is 0 Å². The first kappa shape index (κ1) is 15.8. The first-order chi connectivity index (χ1) is 12.2. The first-order valence-electron chi connectivity index (χ1n) is 8.81. The van der Waals surface area contributed by atoms with Crippen molar-refractivity contribution in [2.24, 2.45) is 17.8 Å². The molecule has 0 unspecified atom stereocenters. The number of aromatic amines is 1. The van der Waals surface area contributed by atoms with E-state index in [4.69, 9.17) is 9.47 Å². The number of hydrogen-bond donors (Lipinski definition) is 1. The standard InChI is InChI=1S/C19H21NO3S2/c1-22-12-6-5-10(8-13(12)23-2)15-14-9-3-4-11(7-9)16(14)24-18-17(15)25-19(21)20-18/h5-6,8-9,11,14-16H,3-4,7H2,1-2H3,(H,20,21)/t9-,11-,14-,15+,16+/m1/s1. The number of ether oxygens (including phenoxy) is 2. The van der Waals surface area contributed by atoms with Gasteiger partial charge in [0.15, 0.2) is 11.5 Å². The molecule has 25 heavy (non-hydrogen) atoms. The molecule has 132 valence electrons. The summed E-state index contributed by atoms with van der Waals surface area (Å²) in [5.41, 5.74) is 1.25. The lowest BCUT2D eigenvalue weighted by atomic mass is 9.75. The molecule has 5 atom stereocenters. The van der Waals surface area contributed by atoms with Crippen LogP contribution in [0.1, 0.15) is 35.6 Å². The van der Waals surface area contributed by atoms with Crippen LogP contribution in [0.2, 0.25) is 0 Å². The molecule has 0 amide bonds. The van der Waals surface area contributed by atoms with Gasteiger partial charge >= 0.3 is 4.87 Å². The summed E-state index contributed by atoms with van der Waals surface area (Å²) in [4.78, 5) is 16.4. The van der Waals surface area contributed by atoms with Crippen LogP contribution in [0.5, 0.6) is 11.5 Å². The van der Waals surface area contributed by atoms with E-state index in [-0.39, 0.29) is 4.87 Å². The maximum Gasteiger partial charge on any atom is 0.305 e. The Hall–Kier alpha value is -1.40. The van der Waals surface area contributed by atoms with Gasteiger partial charge < -0.3 is 14.5 Å². The van der Waals surface area contributed by atoms with Crippen LogP contribution in [0, 0.1) is 17.8 Å². The van der Waals surface area contributed by atoms with E-state index < -0.39 is 0 Å². The predicted octanol–water partition coefficient (Wildman–Crippen LogP) is 4.11. The van der Waals surface area contributed by atoms with E-state index in [1.165, 1.54) is 41.0 Å². The van der Waals surface area contributed by atoms with Crippen LogP contribution in [0.25, 0.3) is 0 Å². The second-order valence-corrected chi connectivity index (χ2v) is 9.50. The molecule has 1 aliphatic heterocycles. The minimum atomic E-state index is 0.0651. The summed E-state index contributed by atoms with van der Waals surface area (Å²) in [7, 11) is 3.34. The molecule has 2 fully saturated rings. The second-order valence-electron chi connectivity index (χ2n) is 7.29. The van der Waals surface area contributed by atoms with E-state index in [0.717, 1.165) is 28.4 Å². The molecular formula is C19H21NO3S2. The molecule has 2 heterocycles. The molecule has 6 heteroatoms. The number of thiazole rings is 1. The average molecular weight is 376 g/mol. The highest BCUT2D eigenvalue weighted by Gasteiger charge is 2.54. The summed E-state index contributed by atoms with van der Waals surface area (Å²) in [6.07, 6.45) is 4.04. The molecule has 0 radical (unpaired) electrons. The predicted molar refractivity (Wildman–Crippen MR) is 100 cm³/mol. The number of benzene rings is 1. The molecule has 1 aromatic carbocycles. The third-order valence-electron chi connectivity index (χ3n) is 6.23. The van der Waals surface area contributed by atoms with E-state index >= 15 is 0 Å². The average Bonchev–Trinajstić information content (AvgIpc) is 3.32. The van der Waals surface area contributed by atoms with E-state index in [1.807, 2.05) is 17.8 Å². The zero-order valence-corrected chi connectivity index (χ0v) is 15.9. The minimum Gasteiger partial charge on any atom is -0.493 e. The number of rotatable bonds is 3. The third kappa shape index (κ3) is 2.30. The molecule has 2 saturated carbocycles. The van der Waals surface area contributed by atoms with Gasteiger partial charge in [-0.05, 0) is 54.7 Å². The zero-order chi connectivity index (χ0) is 17.1. The van der Waals surface area contributed by atoms with Crippen molar-refractivity contribution in [3.8, 4) is 11.5 Å². The highest BCUT2D eigenvalue weighted by Crippen LogP contribution is 2.63. The monoisotopic (exact) mass is 375 g/mol. The largest absolute Gasteiger partial charge is 0.493 e. The Morgan fingerprint density at radius 1 is 1.12 bits per heavy atom. The fourth-order valence-corrected chi connectivity index (χ4v) is 8.16. The highest BCUT2D eigenvalue weighted by atomic mass is 32.2. The van der Waals surface area contributed by atoms with Gasteiger partial charge in [0, 0.05) is 16.0 Å². The SMILES string of the molecule is COc1ccc([C@@H]2c3sc(=O)[nH]c3S[C@H]3[C@@H]4CC[C@H](C4)[C@H]23)cc1OC. The van der Waals surface area contributed by atoms with Gasteiger partial charge in [-0.3, -0.25) is 4.79 Å². The fourth-order valence-electron chi connectivity index (χ4n) is 5.27.